The van der Waals surface area contributed by atoms with Crippen LogP contribution < -0.4 is 22.9 Å². The zero-order valence-electron chi connectivity index (χ0n) is 16.2. The minimum atomic E-state index is -1.58. The Labute approximate surface area is 177 Å². The molecule has 150 valence electrons. The van der Waals surface area contributed by atoms with Gasteiger partial charge >= 0.3 is 0 Å². The summed E-state index contributed by atoms with van der Waals surface area (Å²) in [6.07, 6.45) is 0. The molecule has 4 aromatic carbocycles. The summed E-state index contributed by atoms with van der Waals surface area (Å²) in [5.74, 6) is 0. The quantitative estimate of drug-likeness (QED) is 0.366. The van der Waals surface area contributed by atoms with Crippen LogP contribution in [-0.4, -0.2) is 4.21 Å². The van der Waals surface area contributed by atoms with Crippen LogP contribution in [0.25, 0.3) is 22.3 Å². The van der Waals surface area contributed by atoms with Crippen LogP contribution in [0.4, 0.5) is 22.7 Å². The Balaban J connectivity index is 1.97. The second-order valence-corrected chi connectivity index (χ2v) is 8.30. The highest BCUT2D eigenvalue weighted by molar-refractivity contribution is 7.85. The van der Waals surface area contributed by atoms with Crippen molar-refractivity contribution in [3.8, 4) is 22.3 Å². The average molecular weight is 415 g/mol. The fraction of sp³-hybridized carbons (Fsp3) is 0. The van der Waals surface area contributed by atoms with Crippen molar-refractivity contribution in [3.63, 3.8) is 0 Å². The largest absolute Gasteiger partial charge is 0.397 e. The molecule has 0 amide bonds. The van der Waals surface area contributed by atoms with Crippen molar-refractivity contribution >= 4 is 33.5 Å². The molecule has 0 fully saturated rings. The molecular formula is C24H22N4OS. The predicted molar refractivity (Wildman–Crippen MR) is 126 cm³/mol. The molecule has 30 heavy (non-hydrogen) atoms. The molecule has 6 heteroatoms. The monoisotopic (exact) mass is 414 g/mol. The number of anilines is 4. The van der Waals surface area contributed by atoms with Gasteiger partial charge in [-0.15, -0.1) is 0 Å². The average Bonchev–Trinajstić information content (AvgIpc) is 2.78. The molecule has 0 bridgehead atoms. The molecule has 0 aromatic heterocycles. The van der Waals surface area contributed by atoms with E-state index in [-0.39, 0.29) is 0 Å². The number of rotatable bonds is 4. The molecule has 4 aromatic rings. The summed E-state index contributed by atoms with van der Waals surface area (Å²) < 4.78 is 13.9. The van der Waals surface area contributed by atoms with Crippen LogP contribution in [0.5, 0.6) is 0 Å². The lowest BCUT2D eigenvalue weighted by Crippen LogP contribution is -2.06. The lowest BCUT2D eigenvalue weighted by Gasteiger charge is -2.18. The molecule has 0 unspecified atom stereocenters. The predicted octanol–water partition coefficient (Wildman–Crippen LogP) is 4.52. The first-order valence-corrected chi connectivity index (χ1v) is 10.5. The molecule has 0 atom stereocenters. The first kappa shape index (κ1) is 19.5. The normalized spacial score (nSPS) is 11.0. The first-order valence-electron chi connectivity index (χ1n) is 9.37. The molecule has 8 N–H and O–H groups in total. The Bertz CT molecular complexity index is 1140. The van der Waals surface area contributed by atoms with E-state index in [4.69, 9.17) is 22.9 Å². The zero-order chi connectivity index (χ0) is 21.3. The van der Waals surface area contributed by atoms with Crippen LogP contribution in [-0.2, 0) is 10.8 Å². The number of hydrogen-bond acceptors (Lipinski definition) is 5. The summed E-state index contributed by atoms with van der Waals surface area (Å²) in [6.45, 7) is 0. The van der Waals surface area contributed by atoms with Crippen molar-refractivity contribution in [1.82, 2.24) is 0 Å². The topological polar surface area (TPSA) is 121 Å². The van der Waals surface area contributed by atoms with E-state index >= 15 is 0 Å². The van der Waals surface area contributed by atoms with Crippen molar-refractivity contribution in [2.45, 2.75) is 9.79 Å². The molecule has 0 aliphatic rings. The Kier molecular flexibility index (Phi) is 5.16. The van der Waals surface area contributed by atoms with E-state index in [0.29, 0.717) is 43.7 Å². The molecule has 0 saturated heterocycles. The number of nitrogen functional groups attached to an aromatic ring is 4. The SMILES string of the molecule is Nc1ccc(S(=O)c2ccc(N)c(N)c2-c2ccccc2)c(-c2ccccc2)c1N. The van der Waals surface area contributed by atoms with Gasteiger partial charge in [-0.25, -0.2) is 4.21 Å². The maximum absolute atomic E-state index is 13.9. The highest BCUT2D eigenvalue weighted by Gasteiger charge is 2.22. The Morgan fingerprint density at radius 1 is 0.500 bits per heavy atom. The van der Waals surface area contributed by atoms with E-state index in [9.17, 15) is 4.21 Å². The number of hydrogen-bond donors (Lipinski definition) is 4. The van der Waals surface area contributed by atoms with Gasteiger partial charge in [0, 0.05) is 11.1 Å². The van der Waals surface area contributed by atoms with Crippen LogP contribution in [0.3, 0.4) is 0 Å². The molecule has 0 aliphatic heterocycles. The summed E-state index contributed by atoms with van der Waals surface area (Å²) in [5, 5.41) is 0. The van der Waals surface area contributed by atoms with Crippen molar-refractivity contribution in [3.05, 3.63) is 84.9 Å². The van der Waals surface area contributed by atoms with Gasteiger partial charge in [-0.1, -0.05) is 60.7 Å². The van der Waals surface area contributed by atoms with Gasteiger partial charge in [0.05, 0.1) is 43.3 Å². The van der Waals surface area contributed by atoms with Crippen molar-refractivity contribution in [2.24, 2.45) is 0 Å². The molecule has 0 radical (unpaired) electrons. The summed E-state index contributed by atoms with van der Waals surface area (Å²) in [6, 6.07) is 26.0. The van der Waals surface area contributed by atoms with E-state index in [2.05, 4.69) is 0 Å². The highest BCUT2D eigenvalue weighted by Crippen LogP contribution is 2.41. The highest BCUT2D eigenvalue weighted by atomic mass is 32.2. The van der Waals surface area contributed by atoms with Gasteiger partial charge in [0.1, 0.15) is 0 Å². The fourth-order valence-electron chi connectivity index (χ4n) is 3.46. The van der Waals surface area contributed by atoms with Gasteiger partial charge < -0.3 is 22.9 Å². The third-order valence-corrected chi connectivity index (χ3v) is 6.49. The van der Waals surface area contributed by atoms with Crippen LogP contribution in [0.2, 0.25) is 0 Å². The van der Waals surface area contributed by atoms with Gasteiger partial charge in [0.15, 0.2) is 0 Å². The molecule has 0 saturated carbocycles. The maximum Gasteiger partial charge on any atom is 0.0863 e. The first-order chi connectivity index (χ1) is 14.5. The number of nitrogens with two attached hydrogens (primary N) is 4. The Morgan fingerprint density at radius 2 is 0.867 bits per heavy atom. The lowest BCUT2D eigenvalue weighted by molar-refractivity contribution is 0.683. The third kappa shape index (κ3) is 3.38. The minimum Gasteiger partial charge on any atom is -0.397 e. The Hall–Kier alpha value is -3.77. The molecule has 0 spiro atoms. The zero-order valence-corrected chi connectivity index (χ0v) is 17.0. The molecule has 0 heterocycles. The van der Waals surface area contributed by atoms with E-state index in [1.807, 2.05) is 60.7 Å². The molecule has 4 rings (SSSR count). The van der Waals surface area contributed by atoms with Crippen LogP contribution in [0, 0.1) is 0 Å². The van der Waals surface area contributed by atoms with Gasteiger partial charge in [0.25, 0.3) is 0 Å². The van der Waals surface area contributed by atoms with Crippen molar-refractivity contribution < 1.29 is 4.21 Å². The maximum atomic E-state index is 13.9. The van der Waals surface area contributed by atoms with Gasteiger partial charge in [-0.2, -0.15) is 0 Å². The lowest BCUT2D eigenvalue weighted by atomic mass is 10.0. The third-order valence-electron chi connectivity index (χ3n) is 5.01. The van der Waals surface area contributed by atoms with E-state index in [0.717, 1.165) is 11.1 Å². The summed E-state index contributed by atoms with van der Waals surface area (Å²) >= 11 is 0. The second-order valence-electron chi connectivity index (χ2n) is 6.88. The van der Waals surface area contributed by atoms with Crippen LogP contribution >= 0.6 is 0 Å². The molecule has 0 aliphatic carbocycles. The van der Waals surface area contributed by atoms with Crippen molar-refractivity contribution in [1.29, 1.82) is 0 Å². The minimum absolute atomic E-state index is 0.400. The van der Waals surface area contributed by atoms with Crippen molar-refractivity contribution in [2.75, 3.05) is 22.9 Å². The molecular weight excluding hydrogens is 392 g/mol. The standard InChI is InChI=1S/C24H22N4OS/c25-17-11-13-19(21(23(17)27)15-7-3-1-4-8-15)30(29)20-14-12-18(26)24(28)22(20)16-9-5-2-6-10-16/h1-14H,25-28H2. The summed E-state index contributed by atoms with van der Waals surface area (Å²) in [7, 11) is -1.58. The summed E-state index contributed by atoms with van der Waals surface area (Å²) in [4.78, 5) is 1.13. The second kappa shape index (κ2) is 7.93. The Morgan fingerprint density at radius 3 is 1.23 bits per heavy atom. The number of benzene rings is 4. The fourth-order valence-corrected chi connectivity index (χ4v) is 4.91. The van der Waals surface area contributed by atoms with Gasteiger partial charge in [0.2, 0.25) is 0 Å². The van der Waals surface area contributed by atoms with E-state index in [1.54, 1.807) is 24.3 Å². The van der Waals surface area contributed by atoms with Crippen LogP contribution in [0.15, 0.2) is 94.7 Å². The van der Waals surface area contributed by atoms with Gasteiger partial charge in [-0.3, -0.25) is 0 Å². The smallest absolute Gasteiger partial charge is 0.0863 e. The molecule has 5 nitrogen and oxygen atoms in total. The van der Waals surface area contributed by atoms with Crippen LogP contribution in [0.1, 0.15) is 0 Å². The van der Waals surface area contributed by atoms with Gasteiger partial charge in [-0.05, 0) is 35.4 Å². The van der Waals surface area contributed by atoms with E-state index in [1.165, 1.54) is 0 Å². The van der Waals surface area contributed by atoms with E-state index < -0.39 is 10.8 Å². The summed E-state index contributed by atoms with van der Waals surface area (Å²) in [5.41, 5.74) is 29.5.